The molecule has 5 rings (SSSR count). The highest BCUT2D eigenvalue weighted by Crippen LogP contribution is 2.39. The Labute approximate surface area is 168 Å². The number of amides is 1. The molecule has 0 radical (unpaired) electrons. The topological polar surface area (TPSA) is 68.0 Å². The Hall–Kier alpha value is -3.48. The molecule has 7 heteroatoms. The molecule has 2 aliphatic heterocycles. The fourth-order valence-electron chi connectivity index (χ4n) is 3.94. The van der Waals surface area contributed by atoms with E-state index in [0.29, 0.717) is 24.5 Å². The zero-order chi connectivity index (χ0) is 19.8. The van der Waals surface area contributed by atoms with Gasteiger partial charge in [-0.1, -0.05) is 29.4 Å². The van der Waals surface area contributed by atoms with E-state index in [1.54, 1.807) is 7.11 Å². The van der Waals surface area contributed by atoms with Gasteiger partial charge in [-0.05, 0) is 24.3 Å². The maximum atomic E-state index is 13.1. The van der Waals surface area contributed by atoms with Crippen LogP contribution in [-0.4, -0.2) is 49.3 Å². The maximum absolute atomic E-state index is 13.1. The average molecular weight is 391 g/mol. The second kappa shape index (κ2) is 7.16. The monoisotopic (exact) mass is 391 g/mol. The number of nitrogens with zero attached hydrogens (tertiary/aromatic N) is 3. The summed E-state index contributed by atoms with van der Waals surface area (Å²) in [5.41, 5.74) is 2.95. The van der Waals surface area contributed by atoms with Crippen molar-refractivity contribution in [3.8, 4) is 22.8 Å². The first-order chi connectivity index (χ1) is 14.3. The zero-order valence-electron chi connectivity index (χ0n) is 16.1. The van der Waals surface area contributed by atoms with Gasteiger partial charge in [0.05, 0.1) is 23.9 Å². The lowest BCUT2D eigenvalue weighted by Gasteiger charge is -2.36. The largest absolute Gasteiger partial charge is 0.495 e. The van der Waals surface area contributed by atoms with E-state index in [0.717, 1.165) is 41.4 Å². The van der Waals surface area contributed by atoms with Gasteiger partial charge in [-0.2, -0.15) is 0 Å². The number of para-hydroxylation sites is 3. The summed E-state index contributed by atoms with van der Waals surface area (Å²) in [6.07, 6.45) is 0. The van der Waals surface area contributed by atoms with Crippen molar-refractivity contribution in [3.05, 3.63) is 59.8 Å². The van der Waals surface area contributed by atoms with Crippen LogP contribution in [0.3, 0.4) is 0 Å². The van der Waals surface area contributed by atoms with Gasteiger partial charge in [-0.15, -0.1) is 0 Å². The number of benzene rings is 2. The van der Waals surface area contributed by atoms with Crippen LogP contribution in [0.1, 0.15) is 16.1 Å². The summed E-state index contributed by atoms with van der Waals surface area (Å²) in [5.74, 6) is 2.11. The fraction of sp³-hybridized carbons (Fsp3) is 0.273. The number of carbonyl (C=O) groups excluding carboxylic acids is 1. The van der Waals surface area contributed by atoms with Gasteiger partial charge in [0.15, 0.2) is 11.5 Å². The number of carbonyl (C=O) groups is 1. The number of piperazine rings is 1. The number of hydrogen-bond donors (Lipinski definition) is 0. The molecule has 29 heavy (non-hydrogen) atoms. The van der Waals surface area contributed by atoms with Crippen molar-refractivity contribution in [2.45, 2.75) is 6.61 Å². The lowest BCUT2D eigenvalue weighted by atomic mass is 10.0. The van der Waals surface area contributed by atoms with Gasteiger partial charge in [0.1, 0.15) is 18.1 Å². The maximum Gasteiger partial charge on any atom is 0.276 e. The molecule has 0 N–H and O–H groups in total. The Balaban J connectivity index is 1.33. The molecule has 0 atom stereocenters. The first kappa shape index (κ1) is 17.6. The van der Waals surface area contributed by atoms with E-state index in [4.69, 9.17) is 14.0 Å². The Bertz CT molecular complexity index is 1050. The minimum Gasteiger partial charge on any atom is -0.495 e. The summed E-state index contributed by atoms with van der Waals surface area (Å²) in [6, 6.07) is 15.6. The van der Waals surface area contributed by atoms with Crippen LogP contribution in [0.4, 0.5) is 5.69 Å². The van der Waals surface area contributed by atoms with Gasteiger partial charge in [-0.25, -0.2) is 0 Å². The number of fused-ring (bicyclic) bond motifs is 3. The first-order valence-corrected chi connectivity index (χ1v) is 9.64. The SMILES string of the molecule is COc1ccccc1N1CCN(C(=O)c2noc3c2COc2ccccc2-3)CC1. The fourth-order valence-corrected chi connectivity index (χ4v) is 3.94. The summed E-state index contributed by atoms with van der Waals surface area (Å²) in [4.78, 5) is 17.2. The number of aromatic nitrogens is 1. The zero-order valence-corrected chi connectivity index (χ0v) is 16.1. The Kier molecular flexibility index (Phi) is 4.35. The molecule has 0 saturated carbocycles. The molecule has 3 aromatic rings. The molecule has 2 aliphatic rings. The van der Waals surface area contributed by atoms with Crippen molar-refractivity contribution >= 4 is 11.6 Å². The summed E-state index contributed by atoms with van der Waals surface area (Å²) in [7, 11) is 1.67. The third-order valence-electron chi connectivity index (χ3n) is 5.49. The summed E-state index contributed by atoms with van der Waals surface area (Å²) < 4.78 is 16.8. The minimum atomic E-state index is -0.113. The van der Waals surface area contributed by atoms with Crippen LogP contribution in [0, 0.1) is 0 Å². The van der Waals surface area contributed by atoms with Crippen LogP contribution < -0.4 is 14.4 Å². The van der Waals surface area contributed by atoms with Gasteiger partial charge in [0.2, 0.25) is 0 Å². The Morgan fingerprint density at radius 1 is 1.03 bits per heavy atom. The standard InChI is InChI=1S/C22H21N3O4/c1-27-19-9-5-3-7-17(19)24-10-12-25(13-11-24)22(26)20-16-14-28-18-8-4-2-6-15(18)21(16)29-23-20/h2-9H,10-14H2,1H3. The first-order valence-electron chi connectivity index (χ1n) is 9.64. The molecular formula is C22H21N3O4. The van der Waals surface area contributed by atoms with Gasteiger partial charge in [-0.3, -0.25) is 4.79 Å². The molecule has 3 heterocycles. The molecule has 0 spiro atoms. The molecule has 2 aromatic carbocycles. The third kappa shape index (κ3) is 2.99. The normalized spacial score (nSPS) is 15.3. The minimum absolute atomic E-state index is 0.113. The number of rotatable bonds is 3. The number of ether oxygens (including phenoxy) is 2. The van der Waals surface area contributed by atoms with Crippen molar-refractivity contribution in [3.63, 3.8) is 0 Å². The highest BCUT2D eigenvalue weighted by atomic mass is 16.5. The van der Waals surface area contributed by atoms with E-state index < -0.39 is 0 Å². The molecule has 1 fully saturated rings. The lowest BCUT2D eigenvalue weighted by Crippen LogP contribution is -2.49. The van der Waals surface area contributed by atoms with Crippen LogP contribution in [0.15, 0.2) is 53.1 Å². The predicted molar refractivity (Wildman–Crippen MR) is 107 cm³/mol. The number of hydrogen-bond acceptors (Lipinski definition) is 6. The van der Waals surface area contributed by atoms with Crippen molar-refractivity contribution in [2.75, 3.05) is 38.2 Å². The molecular weight excluding hydrogens is 370 g/mol. The van der Waals surface area contributed by atoms with Crippen molar-refractivity contribution in [1.82, 2.24) is 10.1 Å². The van der Waals surface area contributed by atoms with E-state index in [1.807, 2.05) is 53.4 Å². The van der Waals surface area contributed by atoms with Crippen LogP contribution in [-0.2, 0) is 6.61 Å². The molecule has 0 aliphatic carbocycles. The lowest BCUT2D eigenvalue weighted by molar-refractivity contribution is 0.0734. The summed E-state index contributed by atoms with van der Waals surface area (Å²) in [5, 5.41) is 4.10. The molecule has 1 saturated heterocycles. The Morgan fingerprint density at radius 2 is 1.79 bits per heavy atom. The van der Waals surface area contributed by atoms with E-state index >= 15 is 0 Å². The second-order valence-electron chi connectivity index (χ2n) is 7.07. The van der Waals surface area contributed by atoms with Crippen LogP contribution in [0.2, 0.25) is 0 Å². The third-order valence-corrected chi connectivity index (χ3v) is 5.49. The van der Waals surface area contributed by atoms with Crippen LogP contribution >= 0.6 is 0 Å². The highest BCUT2D eigenvalue weighted by molar-refractivity contribution is 5.95. The van der Waals surface area contributed by atoms with E-state index in [9.17, 15) is 4.79 Å². The van der Waals surface area contributed by atoms with Crippen LogP contribution in [0.25, 0.3) is 11.3 Å². The smallest absolute Gasteiger partial charge is 0.276 e. The van der Waals surface area contributed by atoms with Crippen molar-refractivity contribution in [1.29, 1.82) is 0 Å². The second-order valence-corrected chi connectivity index (χ2v) is 7.07. The highest BCUT2D eigenvalue weighted by Gasteiger charge is 2.32. The van der Waals surface area contributed by atoms with E-state index in [1.165, 1.54) is 0 Å². The molecule has 1 aromatic heterocycles. The number of methoxy groups -OCH3 is 1. The quantitative estimate of drug-likeness (QED) is 0.683. The van der Waals surface area contributed by atoms with Gasteiger partial charge < -0.3 is 23.8 Å². The predicted octanol–water partition coefficient (Wildman–Crippen LogP) is 3.21. The van der Waals surface area contributed by atoms with E-state index in [2.05, 4.69) is 10.1 Å². The van der Waals surface area contributed by atoms with E-state index in [-0.39, 0.29) is 12.5 Å². The molecule has 148 valence electrons. The molecule has 7 nitrogen and oxygen atoms in total. The molecule has 0 bridgehead atoms. The van der Waals surface area contributed by atoms with Gasteiger partial charge >= 0.3 is 0 Å². The molecule has 0 unspecified atom stereocenters. The Morgan fingerprint density at radius 3 is 2.62 bits per heavy atom. The van der Waals surface area contributed by atoms with Crippen LogP contribution in [0.5, 0.6) is 11.5 Å². The van der Waals surface area contributed by atoms with Gasteiger partial charge in [0.25, 0.3) is 5.91 Å². The molecule has 1 amide bonds. The average Bonchev–Trinajstić information content (AvgIpc) is 3.23. The van der Waals surface area contributed by atoms with Crippen molar-refractivity contribution in [2.24, 2.45) is 0 Å². The number of anilines is 1. The summed E-state index contributed by atoms with van der Waals surface area (Å²) in [6.45, 7) is 2.96. The summed E-state index contributed by atoms with van der Waals surface area (Å²) >= 11 is 0. The van der Waals surface area contributed by atoms with Crippen molar-refractivity contribution < 1.29 is 18.8 Å². The van der Waals surface area contributed by atoms with Gasteiger partial charge in [0, 0.05) is 26.2 Å².